The van der Waals surface area contributed by atoms with E-state index in [1.165, 1.54) is 31.4 Å². The van der Waals surface area contributed by atoms with E-state index in [1.807, 2.05) is 0 Å². The molecule has 2 aliphatic carbocycles. The maximum atomic E-state index is 11.9. The van der Waals surface area contributed by atoms with E-state index >= 15 is 0 Å². The average Bonchev–Trinajstić information content (AvgIpc) is 3.17. The van der Waals surface area contributed by atoms with Crippen LogP contribution < -0.4 is 5.32 Å². The molecule has 0 aromatic heterocycles. The van der Waals surface area contributed by atoms with Gasteiger partial charge >= 0.3 is 5.97 Å². The maximum Gasteiger partial charge on any atom is 0.306 e. The first kappa shape index (κ1) is 17.7. The minimum Gasteiger partial charge on any atom is -0.456 e. The van der Waals surface area contributed by atoms with Crippen molar-refractivity contribution in [2.45, 2.75) is 32.1 Å². The van der Waals surface area contributed by atoms with Gasteiger partial charge in [-0.2, -0.15) is 0 Å². The number of fused-ring (bicyclic) bond motifs is 2. The highest BCUT2D eigenvalue weighted by Crippen LogP contribution is 2.49. The van der Waals surface area contributed by atoms with Crippen molar-refractivity contribution in [1.29, 1.82) is 0 Å². The number of carbonyl (C=O) groups excluding carboxylic acids is 2. The lowest BCUT2D eigenvalue weighted by Crippen LogP contribution is -2.23. The summed E-state index contributed by atoms with van der Waals surface area (Å²) in [5, 5.41) is 13.6. The van der Waals surface area contributed by atoms with Crippen molar-refractivity contribution in [3.63, 3.8) is 0 Å². The van der Waals surface area contributed by atoms with E-state index in [9.17, 15) is 19.7 Å². The van der Waals surface area contributed by atoms with Gasteiger partial charge in [0.05, 0.1) is 4.92 Å². The first-order valence-corrected chi connectivity index (χ1v) is 8.69. The number of esters is 1. The zero-order valence-corrected chi connectivity index (χ0v) is 14.3. The number of carbonyl (C=O) groups is 2. The number of halogens is 1. The lowest BCUT2D eigenvalue weighted by molar-refractivity contribution is -0.383. The van der Waals surface area contributed by atoms with Gasteiger partial charge in [0.25, 0.3) is 11.6 Å². The molecule has 1 N–H and O–H groups in total. The van der Waals surface area contributed by atoms with E-state index in [0.29, 0.717) is 18.3 Å². The number of rotatable bonds is 6. The fourth-order valence-corrected chi connectivity index (χ4v) is 4.16. The Morgan fingerprint density at radius 3 is 2.76 bits per heavy atom. The molecule has 1 aromatic carbocycles. The number of benzene rings is 1. The highest BCUT2D eigenvalue weighted by atomic mass is 35.5. The molecular weight excluding hydrogens is 348 g/mol. The Morgan fingerprint density at radius 2 is 2.12 bits per heavy atom. The molecule has 0 radical (unpaired) electrons. The van der Waals surface area contributed by atoms with Crippen LogP contribution in [0.5, 0.6) is 0 Å². The highest BCUT2D eigenvalue weighted by molar-refractivity contribution is 6.31. The van der Waals surface area contributed by atoms with Gasteiger partial charge in [-0.05, 0) is 49.1 Å². The molecule has 2 saturated carbocycles. The zero-order chi connectivity index (χ0) is 18.0. The fraction of sp³-hybridized carbons (Fsp3) is 0.529. The van der Waals surface area contributed by atoms with Gasteiger partial charge in [0.2, 0.25) is 0 Å². The Kier molecular flexibility index (Phi) is 5.22. The van der Waals surface area contributed by atoms with Gasteiger partial charge in [0.15, 0.2) is 6.61 Å². The van der Waals surface area contributed by atoms with E-state index in [2.05, 4.69) is 5.32 Å². The van der Waals surface area contributed by atoms with Crippen LogP contribution in [0.3, 0.4) is 0 Å². The highest BCUT2D eigenvalue weighted by Gasteiger charge is 2.40. The Labute approximate surface area is 149 Å². The van der Waals surface area contributed by atoms with Crippen molar-refractivity contribution in [2.75, 3.05) is 11.9 Å². The number of nitro benzene ring substituents is 1. The van der Waals surface area contributed by atoms with Crippen molar-refractivity contribution < 1.29 is 19.2 Å². The fourth-order valence-electron chi connectivity index (χ4n) is 3.99. The summed E-state index contributed by atoms with van der Waals surface area (Å²) in [5.74, 6) is 0.719. The van der Waals surface area contributed by atoms with Gasteiger partial charge in [-0.25, -0.2) is 0 Å². The molecule has 3 rings (SSSR count). The molecular formula is C17H19ClN2O5. The van der Waals surface area contributed by atoms with Crippen LogP contribution in [0.4, 0.5) is 11.4 Å². The van der Waals surface area contributed by atoms with E-state index in [0.717, 1.165) is 18.4 Å². The molecule has 134 valence electrons. The molecule has 8 heteroatoms. The van der Waals surface area contributed by atoms with Crippen LogP contribution in [0.1, 0.15) is 32.1 Å². The number of ether oxygens (including phenoxy) is 1. The molecule has 3 atom stereocenters. The van der Waals surface area contributed by atoms with E-state index in [4.69, 9.17) is 16.3 Å². The maximum absolute atomic E-state index is 11.9. The number of nitro groups is 1. The third kappa shape index (κ3) is 4.28. The second kappa shape index (κ2) is 7.39. The summed E-state index contributed by atoms with van der Waals surface area (Å²) >= 11 is 5.72. The van der Waals surface area contributed by atoms with Gasteiger partial charge in [-0.3, -0.25) is 19.7 Å². The van der Waals surface area contributed by atoms with Crippen molar-refractivity contribution in [3.05, 3.63) is 33.3 Å². The van der Waals surface area contributed by atoms with Crippen LogP contribution in [0, 0.1) is 27.9 Å². The van der Waals surface area contributed by atoms with Gasteiger partial charge in [-0.15, -0.1) is 0 Å². The van der Waals surface area contributed by atoms with Crippen LogP contribution in [0.15, 0.2) is 18.2 Å². The average molecular weight is 367 g/mol. The molecule has 0 heterocycles. The summed E-state index contributed by atoms with van der Waals surface area (Å²) in [6, 6.07) is 3.93. The minimum atomic E-state index is -0.636. The van der Waals surface area contributed by atoms with Crippen LogP contribution in [-0.2, 0) is 14.3 Å². The van der Waals surface area contributed by atoms with E-state index < -0.39 is 23.4 Å². The largest absolute Gasteiger partial charge is 0.456 e. The number of hydrogen-bond donors (Lipinski definition) is 1. The van der Waals surface area contributed by atoms with Gasteiger partial charge in [0, 0.05) is 17.5 Å². The molecule has 0 aliphatic heterocycles. The summed E-state index contributed by atoms with van der Waals surface area (Å²) < 4.78 is 5.02. The van der Waals surface area contributed by atoms with Gasteiger partial charge < -0.3 is 10.1 Å². The first-order chi connectivity index (χ1) is 11.9. The summed E-state index contributed by atoms with van der Waals surface area (Å²) in [5.41, 5.74) is -0.294. The predicted molar refractivity (Wildman–Crippen MR) is 91.3 cm³/mol. The number of anilines is 1. The third-order valence-electron chi connectivity index (χ3n) is 5.11. The Bertz CT molecular complexity index is 708. The lowest BCUT2D eigenvalue weighted by atomic mass is 9.86. The van der Waals surface area contributed by atoms with Gasteiger partial charge in [0.1, 0.15) is 5.69 Å². The zero-order valence-electron chi connectivity index (χ0n) is 13.6. The Hall–Kier alpha value is -2.15. The van der Waals surface area contributed by atoms with Crippen LogP contribution in [0.25, 0.3) is 0 Å². The van der Waals surface area contributed by atoms with Crippen molar-refractivity contribution >= 4 is 34.9 Å². The summed E-state index contributed by atoms with van der Waals surface area (Å²) in [6.07, 6.45) is 5.07. The van der Waals surface area contributed by atoms with Crippen molar-refractivity contribution in [3.8, 4) is 0 Å². The Balaban J connectivity index is 1.48. The molecule has 2 fully saturated rings. The SMILES string of the molecule is O=C(COC(=O)C[C@@H]1C[C@H]2CC[C@@H]1C2)Nc1ccc(Cl)cc1[N+](=O)[O-]. The smallest absolute Gasteiger partial charge is 0.306 e. The number of nitrogens with zero attached hydrogens (tertiary/aromatic N) is 1. The molecule has 0 saturated heterocycles. The van der Waals surface area contributed by atoms with E-state index in [-0.39, 0.29) is 16.4 Å². The molecule has 0 unspecified atom stereocenters. The molecule has 2 bridgehead atoms. The first-order valence-electron chi connectivity index (χ1n) is 8.31. The summed E-state index contributed by atoms with van der Waals surface area (Å²) in [6.45, 7) is -0.459. The molecule has 1 aromatic rings. The second-order valence-electron chi connectivity index (χ2n) is 6.77. The van der Waals surface area contributed by atoms with E-state index in [1.54, 1.807) is 0 Å². The standard InChI is InChI=1S/C17H19ClN2O5/c18-13-3-4-14(15(8-13)20(23)24)19-16(21)9-25-17(22)7-12-6-10-1-2-11(12)5-10/h3-4,8,10-12H,1-2,5-7,9H2,(H,19,21)/t10-,11+,12-/m0/s1. The van der Waals surface area contributed by atoms with Crippen molar-refractivity contribution in [1.82, 2.24) is 0 Å². The number of amides is 1. The normalized spacial score (nSPS) is 24.1. The Morgan fingerprint density at radius 1 is 1.32 bits per heavy atom. The van der Waals surface area contributed by atoms with Crippen LogP contribution >= 0.6 is 11.6 Å². The van der Waals surface area contributed by atoms with Crippen molar-refractivity contribution in [2.24, 2.45) is 17.8 Å². The van der Waals surface area contributed by atoms with Gasteiger partial charge in [-0.1, -0.05) is 18.0 Å². The lowest BCUT2D eigenvalue weighted by Gasteiger charge is -2.20. The number of nitrogens with one attached hydrogen (secondary N) is 1. The molecule has 2 aliphatic rings. The molecule has 25 heavy (non-hydrogen) atoms. The molecule has 1 amide bonds. The molecule has 0 spiro atoms. The summed E-state index contributed by atoms with van der Waals surface area (Å²) in [4.78, 5) is 34.2. The molecule has 7 nitrogen and oxygen atoms in total. The minimum absolute atomic E-state index is 0.0172. The quantitative estimate of drug-likeness (QED) is 0.471. The third-order valence-corrected chi connectivity index (χ3v) is 5.34. The second-order valence-corrected chi connectivity index (χ2v) is 7.20. The monoisotopic (exact) mass is 366 g/mol. The topological polar surface area (TPSA) is 98.5 Å². The van der Waals surface area contributed by atoms with Crippen LogP contribution in [0.2, 0.25) is 5.02 Å². The predicted octanol–water partition coefficient (Wildman–Crippen LogP) is 3.56. The summed E-state index contributed by atoms with van der Waals surface area (Å²) in [7, 11) is 0. The van der Waals surface area contributed by atoms with Crippen LogP contribution in [-0.4, -0.2) is 23.4 Å². The number of hydrogen-bond acceptors (Lipinski definition) is 5.